The molecule has 0 aromatic rings. The Hall–Kier alpha value is -1.43. The Morgan fingerprint density at radius 3 is 2.50 bits per heavy atom. The molecule has 6 heteroatoms. The van der Waals surface area contributed by atoms with Crippen molar-refractivity contribution < 1.29 is 19.1 Å². The molecule has 4 amide bonds. The van der Waals surface area contributed by atoms with Crippen LogP contribution in [-0.4, -0.2) is 42.0 Å². The second-order valence-electron chi connectivity index (χ2n) is 3.99. The monoisotopic (exact) mass is 226 g/mol. The van der Waals surface area contributed by atoms with E-state index in [4.69, 9.17) is 4.74 Å². The van der Waals surface area contributed by atoms with E-state index in [1.54, 1.807) is 0 Å². The zero-order chi connectivity index (χ0) is 11.5. The fourth-order valence-electron chi connectivity index (χ4n) is 2.00. The molecule has 0 spiro atoms. The fourth-order valence-corrected chi connectivity index (χ4v) is 2.00. The fraction of sp³-hybridized carbons (Fsp3) is 0.700. The number of amides is 4. The molecule has 2 fully saturated rings. The van der Waals surface area contributed by atoms with E-state index < -0.39 is 17.8 Å². The van der Waals surface area contributed by atoms with E-state index in [1.165, 1.54) is 12.8 Å². The van der Waals surface area contributed by atoms with Crippen LogP contribution in [0.3, 0.4) is 0 Å². The van der Waals surface area contributed by atoms with Gasteiger partial charge in [0.2, 0.25) is 0 Å². The third kappa shape index (κ3) is 2.21. The van der Waals surface area contributed by atoms with E-state index in [0.29, 0.717) is 6.61 Å². The van der Waals surface area contributed by atoms with Crippen molar-refractivity contribution in [1.29, 1.82) is 0 Å². The van der Waals surface area contributed by atoms with Gasteiger partial charge in [-0.3, -0.25) is 19.8 Å². The van der Waals surface area contributed by atoms with E-state index in [0.717, 1.165) is 17.7 Å². The van der Waals surface area contributed by atoms with Crippen LogP contribution in [0.1, 0.15) is 25.7 Å². The summed E-state index contributed by atoms with van der Waals surface area (Å²) in [5.74, 6) is -1.65. The van der Waals surface area contributed by atoms with Gasteiger partial charge in [0.05, 0.1) is 19.3 Å². The van der Waals surface area contributed by atoms with Crippen LogP contribution in [0.15, 0.2) is 0 Å². The summed E-state index contributed by atoms with van der Waals surface area (Å²) in [7, 11) is 0. The minimum absolute atomic E-state index is 0.146. The molecule has 0 aromatic carbocycles. The van der Waals surface area contributed by atoms with E-state index in [-0.39, 0.29) is 12.6 Å². The smallest absolute Gasteiger partial charge is 0.331 e. The van der Waals surface area contributed by atoms with Gasteiger partial charge in [0, 0.05) is 0 Å². The van der Waals surface area contributed by atoms with Crippen LogP contribution in [0.4, 0.5) is 4.79 Å². The summed E-state index contributed by atoms with van der Waals surface area (Å²) in [5, 5.41) is 1.94. The van der Waals surface area contributed by atoms with Crippen molar-refractivity contribution >= 4 is 17.8 Å². The molecule has 1 saturated carbocycles. The molecule has 16 heavy (non-hydrogen) atoms. The van der Waals surface area contributed by atoms with Crippen molar-refractivity contribution in [3.05, 3.63) is 0 Å². The van der Waals surface area contributed by atoms with Gasteiger partial charge in [0.15, 0.2) is 0 Å². The van der Waals surface area contributed by atoms with Crippen LogP contribution in [0.25, 0.3) is 0 Å². The van der Waals surface area contributed by atoms with Crippen LogP contribution in [0.2, 0.25) is 0 Å². The maximum absolute atomic E-state index is 11.2. The lowest BCUT2D eigenvalue weighted by Crippen LogP contribution is -2.34. The van der Waals surface area contributed by atoms with Crippen molar-refractivity contribution in [2.24, 2.45) is 0 Å². The van der Waals surface area contributed by atoms with Gasteiger partial charge in [-0.15, -0.1) is 0 Å². The standard InChI is InChI=1S/C10H14N2O4/c13-8-9(14)12(10(15)11-8)5-6-16-7-3-1-2-4-7/h7H,1-6H2,(H,11,13,15). The SMILES string of the molecule is O=C1NC(=O)N(CCOC2CCCC2)C1=O. The molecule has 1 heterocycles. The quantitative estimate of drug-likeness (QED) is 0.541. The number of carbonyl (C=O) groups excluding carboxylic acids is 3. The Labute approximate surface area is 92.9 Å². The van der Waals surface area contributed by atoms with E-state index >= 15 is 0 Å². The second kappa shape index (κ2) is 4.61. The Kier molecular flexibility index (Phi) is 3.19. The number of carbonyl (C=O) groups is 3. The maximum atomic E-state index is 11.2. The molecule has 1 N–H and O–H groups in total. The van der Waals surface area contributed by atoms with Gasteiger partial charge in [-0.05, 0) is 12.8 Å². The highest BCUT2D eigenvalue weighted by Crippen LogP contribution is 2.20. The number of hydrogen-bond donors (Lipinski definition) is 1. The summed E-state index contributed by atoms with van der Waals surface area (Å²) in [6, 6.07) is -0.648. The molecule has 0 radical (unpaired) electrons. The molecule has 1 aliphatic heterocycles. The summed E-state index contributed by atoms with van der Waals surface area (Å²) in [6.45, 7) is 0.448. The lowest BCUT2D eigenvalue weighted by molar-refractivity contribution is -0.140. The summed E-state index contributed by atoms with van der Waals surface area (Å²) < 4.78 is 5.51. The number of rotatable bonds is 4. The number of urea groups is 1. The van der Waals surface area contributed by atoms with Gasteiger partial charge in [-0.2, -0.15) is 0 Å². The molecule has 2 aliphatic rings. The largest absolute Gasteiger partial charge is 0.376 e. The number of nitrogens with one attached hydrogen (secondary N) is 1. The molecule has 0 bridgehead atoms. The first kappa shape index (κ1) is 11.1. The second-order valence-corrected chi connectivity index (χ2v) is 3.99. The topological polar surface area (TPSA) is 75.7 Å². The summed E-state index contributed by atoms with van der Waals surface area (Å²) in [4.78, 5) is 34.1. The lowest BCUT2D eigenvalue weighted by Gasteiger charge is -2.14. The minimum Gasteiger partial charge on any atom is -0.376 e. The third-order valence-corrected chi connectivity index (χ3v) is 2.88. The number of imide groups is 2. The maximum Gasteiger partial charge on any atom is 0.331 e. The van der Waals surface area contributed by atoms with Gasteiger partial charge < -0.3 is 4.74 Å². The molecule has 6 nitrogen and oxygen atoms in total. The van der Waals surface area contributed by atoms with Crippen molar-refractivity contribution in [2.75, 3.05) is 13.2 Å². The van der Waals surface area contributed by atoms with Gasteiger partial charge in [-0.25, -0.2) is 4.79 Å². The number of nitrogens with zero attached hydrogens (tertiary/aromatic N) is 1. The van der Waals surface area contributed by atoms with Gasteiger partial charge in [0.25, 0.3) is 0 Å². The molecular formula is C10H14N2O4. The van der Waals surface area contributed by atoms with Crippen molar-refractivity contribution in [1.82, 2.24) is 10.2 Å². The minimum atomic E-state index is -0.856. The predicted octanol–water partition coefficient (Wildman–Crippen LogP) is 0.0240. The molecule has 0 unspecified atom stereocenters. The highest BCUT2D eigenvalue weighted by atomic mass is 16.5. The predicted molar refractivity (Wildman–Crippen MR) is 53.5 cm³/mol. The van der Waals surface area contributed by atoms with Gasteiger partial charge in [0.1, 0.15) is 0 Å². The molecule has 0 atom stereocenters. The van der Waals surface area contributed by atoms with Crippen molar-refractivity contribution in [2.45, 2.75) is 31.8 Å². The lowest BCUT2D eigenvalue weighted by atomic mass is 10.3. The highest BCUT2D eigenvalue weighted by Gasteiger charge is 2.36. The van der Waals surface area contributed by atoms with Crippen LogP contribution in [0.5, 0.6) is 0 Å². The Balaban J connectivity index is 1.75. The van der Waals surface area contributed by atoms with E-state index in [1.807, 2.05) is 5.32 Å². The molecule has 0 aromatic heterocycles. The molecule has 1 aliphatic carbocycles. The molecule has 1 saturated heterocycles. The average molecular weight is 226 g/mol. The molecular weight excluding hydrogens is 212 g/mol. The number of hydrogen-bond acceptors (Lipinski definition) is 4. The first-order valence-electron chi connectivity index (χ1n) is 5.47. The van der Waals surface area contributed by atoms with Crippen molar-refractivity contribution in [3.63, 3.8) is 0 Å². The summed E-state index contributed by atoms with van der Waals surface area (Å²) in [5.41, 5.74) is 0. The third-order valence-electron chi connectivity index (χ3n) is 2.88. The zero-order valence-electron chi connectivity index (χ0n) is 8.90. The number of ether oxygens (including phenoxy) is 1. The van der Waals surface area contributed by atoms with E-state index in [2.05, 4.69) is 0 Å². The van der Waals surface area contributed by atoms with Crippen LogP contribution < -0.4 is 5.32 Å². The van der Waals surface area contributed by atoms with Crippen LogP contribution in [-0.2, 0) is 14.3 Å². The van der Waals surface area contributed by atoms with Crippen molar-refractivity contribution in [3.8, 4) is 0 Å². The average Bonchev–Trinajstić information content (AvgIpc) is 2.82. The van der Waals surface area contributed by atoms with Crippen LogP contribution in [0, 0.1) is 0 Å². The van der Waals surface area contributed by atoms with Gasteiger partial charge in [-0.1, -0.05) is 12.8 Å². The highest BCUT2D eigenvalue weighted by molar-refractivity contribution is 6.44. The Morgan fingerprint density at radius 1 is 1.25 bits per heavy atom. The Bertz CT molecular complexity index is 323. The first-order valence-corrected chi connectivity index (χ1v) is 5.47. The van der Waals surface area contributed by atoms with Gasteiger partial charge >= 0.3 is 17.8 Å². The van der Waals surface area contributed by atoms with E-state index in [9.17, 15) is 14.4 Å². The summed E-state index contributed by atoms with van der Waals surface area (Å²) >= 11 is 0. The molecule has 2 rings (SSSR count). The van der Waals surface area contributed by atoms with Crippen LogP contribution >= 0.6 is 0 Å². The zero-order valence-corrected chi connectivity index (χ0v) is 8.90. The normalized spacial score (nSPS) is 22.0. The summed E-state index contributed by atoms with van der Waals surface area (Å²) in [6.07, 6.45) is 4.67. The molecule has 88 valence electrons. The Morgan fingerprint density at radius 2 is 1.94 bits per heavy atom. The first-order chi connectivity index (χ1) is 7.68.